The molecular formula is C24H34O6. The van der Waals surface area contributed by atoms with Gasteiger partial charge in [-0.05, 0) is 17.4 Å². The van der Waals surface area contributed by atoms with Crippen LogP contribution >= 0.6 is 0 Å². The van der Waals surface area contributed by atoms with Gasteiger partial charge in [0, 0.05) is 6.42 Å². The second-order valence-electron chi connectivity index (χ2n) is 7.65. The van der Waals surface area contributed by atoms with Crippen molar-refractivity contribution in [2.75, 3.05) is 13.2 Å². The third kappa shape index (κ3) is 6.00. The fraction of sp³-hybridized carbons (Fsp3) is 0.583. The summed E-state index contributed by atoms with van der Waals surface area (Å²) in [4.78, 5) is 25.8. The van der Waals surface area contributed by atoms with E-state index in [-0.39, 0.29) is 25.0 Å². The summed E-state index contributed by atoms with van der Waals surface area (Å²) in [6, 6.07) is 9.60. The first-order chi connectivity index (χ1) is 14.5. The predicted molar refractivity (Wildman–Crippen MR) is 113 cm³/mol. The van der Waals surface area contributed by atoms with Crippen molar-refractivity contribution >= 4 is 11.9 Å². The van der Waals surface area contributed by atoms with E-state index in [4.69, 9.17) is 18.9 Å². The lowest BCUT2D eigenvalue weighted by Crippen LogP contribution is -2.51. The van der Waals surface area contributed by atoms with E-state index in [2.05, 4.69) is 0 Å². The summed E-state index contributed by atoms with van der Waals surface area (Å²) in [7, 11) is 0. The van der Waals surface area contributed by atoms with E-state index >= 15 is 0 Å². The first kappa shape index (κ1) is 23.8. The molecule has 0 spiro atoms. The highest BCUT2D eigenvalue weighted by Gasteiger charge is 2.58. The first-order valence-corrected chi connectivity index (χ1v) is 10.9. The maximum atomic E-state index is 12.9. The zero-order chi connectivity index (χ0) is 22.0. The zero-order valence-corrected chi connectivity index (χ0v) is 18.5. The molecule has 0 bridgehead atoms. The van der Waals surface area contributed by atoms with E-state index in [1.54, 1.807) is 0 Å². The first-order valence-electron chi connectivity index (χ1n) is 10.9. The molecule has 0 N–H and O–H groups in total. The molecule has 0 atom stereocenters. The molecule has 0 saturated heterocycles. The number of benzene rings is 1. The summed E-state index contributed by atoms with van der Waals surface area (Å²) in [5.74, 6) is -3.18. The molecule has 1 aliphatic rings. The second-order valence-corrected chi connectivity index (χ2v) is 7.65. The van der Waals surface area contributed by atoms with Crippen LogP contribution in [0.15, 0.2) is 42.4 Å². The normalized spacial score (nSPS) is 14.8. The number of rotatable bonds is 12. The molecular weight excluding hydrogens is 384 g/mol. The average molecular weight is 419 g/mol. The number of hydrogen-bond donors (Lipinski definition) is 0. The summed E-state index contributed by atoms with van der Waals surface area (Å²) < 4.78 is 22.1. The minimum absolute atomic E-state index is 0.203. The molecule has 30 heavy (non-hydrogen) atoms. The van der Waals surface area contributed by atoms with Crippen LogP contribution in [0.1, 0.15) is 58.9 Å². The molecule has 1 aromatic rings. The molecule has 1 aromatic carbocycles. The van der Waals surface area contributed by atoms with Gasteiger partial charge < -0.3 is 18.9 Å². The Kier molecular flexibility index (Phi) is 9.21. The van der Waals surface area contributed by atoms with Crippen molar-refractivity contribution in [2.24, 2.45) is 11.8 Å². The fourth-order valence-electron chi connectivity index (χ4n) is 3.14. The van der Waals surface area contributed by atoms with E-state index in [0.717, 1.165) is 31.2 Å². The van der Waals surface area contributed by atoms with Crippen molar-refractivity contribution in [3.05, 3.63) is 47.9 Å². The number of esters is 2. The van der Waals surface area contributed by atoms with Crippen LogP contribution in [-0.2, 0) is 35.0 Å². The predicted octanol–water partition coefficient (Wildman–Crippen LogP) is 4.77. The molecule has 1 aliphatic heterocycles. The molecule has 1 heterocycles. The highest BCUT2D eigenvalue weighted by molar-refractivity contribution is 6.02. The van der Waals surface area contributed by atoms with Gasteiger partial charge in [-0.1, -0.05) is 83.7 Å². The fourth-order valence-corrected chi connectivity index (χ4v) is 3.14. The lowest BCUT2D eigenvalue weighted by molar-refractivity contribution is -0.220. The van der Waals surface area contributed by atoms with Crippen LogP contribution in [0.25, 0.3) is 0 Å². The SMILES string of the molecule is CCC(CC)COC(=O)C1(C(=O)OCC(CC)CC)OC=C(Cc2ccccc2)O1. The molecule has 0 radical (unpaired) electrons. The van der Waals surface area contributed by atoms with Gasteiger partial charge in [-0.15, -0.1) is 0 Å². The van der Waals surface area contributed by atoms with E-state index < -0.39 is 17.7 Å². The van der Waals surface area contributed by atoms with Crippen LogP contribution < -0.4 is 0 Å². The van der Waals surface area contributed by atoms with Crippen molar-refractivity contribution in [1.82, 2.24) is 0 Å². The average Bonchev–Trinajstić information content (AvgIpc) is 3.20. The topological polar surface area (TPSA) is 71.1 Å². The van der Waals surface area contributed by atoms with Gasteiger partial charge in [0.25, 0.3) is 0 Å². The molecule has 6 nitrogen and oxygen atoms in total. The van der Waals surface area contributed by atoms with Gasteiger partial charge in [0.05, 0.1) is 13.2 Å². The molecule has 0 fully saturated rings. The Labute approximate surface area is 179 Å². The quantitative estimate of drug-likeness (QED) is 0.360. The van der Waals surface area contributed by atoms with E-state index in [0.29, 0.717) is 12.2 Å². The Morgan fingerprint density at radius 3 is 1.83 bits per heavy atom. The van der Waals surface area contributed by atoms with Crippen LogP contribution in [0.3, 0.4) is 0 Å². The second kappa shape index (κ2) is 11.6. The van der Waals surface area contributed by atoms with Crippen LogP contribution in [0.5, 0.6) is 0 Å². The standard InChI is InChI=1S/C24H34O6/c1-5-18(6-2)15-27-22(25)24(23(26)28-16-19(7-3)8-4)29-17-21(30-24)14-20-12-10-9-11-13-20/h9-13,17-19H,5-8,14-16H2,1-4H3. The Balaban J connectivity index is 2.12. The Hall–Kier alpha value is -2.50. The van der Waals surface area contributed by atoms with Gasteiger partial charge in [0.2, 0.25) is 0 Å². The molecule has 2 rings (SSSR count). The number of allylic oxidation sites excluding steroid dienone is 1. The summed E-state index contributed by atoms with van der Waals surface area (Å²) in [5, 5.41) is 0. The van der Waals surface area contributed by atoms with Crippen LogP contribution in [0.2, 0.25) is 0 Å². The molecule has 0 unspecified atom stereocenters. The van der Waals surface area contributed by atoms with Gasteiger partial charge in [-0.25, -0.2) is 9.59 Å². The summed E-state index contributed by atoms with van der Waals surface area (Å²) in [6.07, 6.45) is 5.18. The summed E-state index contributed by atoms with van der Waals surface area (Å²) >= 11 is 0. The minimum Gasteiger partial charge on any atom is -0.459 e. The number of carbonyl (C=O) groups excluding carboxylic acids is 2. The molecule has 166 valence electrons. The lowest BCUT2D eigenvalue weighted by atomic mass is 10.1. The van der Waals surface area contributed by atoms with E-state index in [1.807, 2.05) is 58.0 Å². The largest absolute Gasteiger partial charge is 0.459 e. The van der Waals surface area contributed by atoms with Crippen molar-refractivity contribution in [2.45, 2.75) is 65.6 Å². The van der Waals surface area contributed by atoms with E-state index in [9.17, 15) is 9.59 Å². The van der Waals surface area contributed by atoms with Gasteiger partial charge >= 0.3 is 17.7 Å². The highest BCUT2D eigenvalue weighted by Crippen LogP contribution is 2.31. The minimum atomic E-state index is -2.23. The molecule has 0 aromatic heterocycles. The van der Waals surface area contributed by atoms with Gasteiger partial charge in [0.1, 0.15) is 12.0 Å². The molecule has 0 saturated carbocycles. The molecule has 0 amide bonds. The highest BCUT2D eigenvalue weighted by atomic mass is 16.8. The van der Waals surface area contributed by atoms with Gasteiger partial charge in [-0.3, -0.25) is 0 Å². The van der Waals surface area contributed by atoms with Crippen LogP contribution in [0, 0.1) is 11.8 Å². The van der Waals surface area contributed by atoms with Crippen molar-refractivity contribution in [1.29, 1.82) is 0 Å². The maximum Gasteiger partial charge on any atom is 0.452 e. The third-order valence-electron chi connectivity index (χ3n) is 5.60. The number of hydrogen-bond acceptors (Lipinski definition) is 6. The van der Waals surface area contributed by atoms with Crippen molar-refractivity contribution in [3.8, 4) is 0 Å². The zero-order valence-electron chi connectivity index (χ0n) is 18.5. The van der Waals surface area contributed by atoms with Crippen molar-refractivity contribution in [3.63, 3.8) is 0 Å². The summed E-state index contributed by atoms with van der Waals surface area (Å²) in [6.45, 7) is 8.53. The smallest absolute Gasteiger partial charge is 0.452 e. The number of ether oxygens (including phenoxy) is 4. The molecule has 6 heteroatoms. The Bertz CT molecular complexity index is 676. The third-order valence-corrected chi connectivity index (χ3v) is 5.60. The van der Waals surface area contributed by atoms with Gasteiger partial charge in [0.15, 0.2) is 0 Å². The Morgan fingerprint density at radius 2 is 1.37 bits per heavy atom. The van der Waals surface area contributed by atoms with E-state index in [1.165, 1.54) is 6.26 Å². The van der Waals surface area contributed by atoms with Crippen LogP contribution in [-0.4, -0.2) is 30.9 Å². The maximum absolute atomic E-state index is 12.9. The monoisotopic (exact) mass is 418 g/mol. The molecule has 0 aliphatic carbocycles. The summed E-state index contributed by atoms with van der Waals surface area (Å²) in [5.41, 5.74) is 0.971. The van der Waals surface area contributed by atoms with Crippen LogP contribution in [0.4, 0.5) is 0 Å². The Morgan fingerprint density at radius 1 is 0.867 bits per heavy atom. The number of carbonyl (C=O) groups is 2. The van der Waals surface area contributed by atoms with Crippen molar-refractivity contribution < 1.29 is 28.5 Å². The van der Waals surface area contributed by atoms with Gasteiger partial charge in [-0.2, -0.15) is 0 Å². The lowest BCUT2D eigenvalue weighted by Gasteiger charge is -2.26.